The molecule has 2 heterocycles. The van der Waals surface area contributed by atoms with Crippen LogP contribution in [0.5, 0.6) is 0 Å². The summed E-state index contributed by atoms with van der Waals surface area (Å²) in [5, 5.41) is 18.6. The molecule has 112 valence electrons. The van der Waals surface area contributed by atoms with E-state index in [0.29, 0.717) is 13.0 Å². The molecule has 0 radical (unpaired) electrons. The minimum absolute atomic E-state index is 0.00912. The van der Waals surface area contributed by atoms with Crippen LogP contribution in [0.25, 0.3) is 0 Å². The highest BCUT2D eigenvalue weighted by Crippen LogP contribution is 2.24. The number of amides is 2. The van der Waals surface area contributed by atoms with Crippen LogP contribution in [0.3, 0.4) is 0 Å². The van der Waals surface area contributed by atoms with Crippen LogP contribution in [-0.4, -0.2) is 76.9 Å². The largest absolute Gasteiger partial charge is 0.480 e. The van der Waals surface area contributed by atoms with Gasteiger partial charge < -0.3 is 24.7 Å². The van der Waals surface area contributed by atoms with Crippen molar-refractivity contribution >= 4 is 18.0 Å². The molecular weight excluding hydrogens is 268 g/mol. The van der Waals surface area contributed by atoms with Crippen molar-refractivity contribution in [1.82, 2.24) is 9.80 Å². The number of ether oxygens (including phenoxy) is 1. The van der Waals surface area contributed by atoms with Crippen LogP contribution in [0, 0.1) is 5.92 Å². The first-order valence-electron chi connectivity index (χ1n) is 6.48. The Morgan fingerprint density at radius 2 is 1.95 bits per heavy atom. The summed E-state index contributed by atoms with van der Waals surface area (Å²) >= 11 is 0. The van der Waals surface area contributed by atoms with Crippen molar-refractivity contribution in [3.05, 3.63) is 0 Å². The second-order valence-electron chi connectivity index (χ2n) is 5.13. The predicted molar refractivity (Wildman–Crippen MR) is 65.8 cm³/mol. The molecule has 1 unspecified atom stereocenters. The number of esters is 1. The van der Waals surface area contributed by atoms with Gasteiger partial charge in [-0.3, -0.25) is 4.79 Å². The minimum atomic E-state index is -1.13. The second kappa shape index (κ2) is 5.66. The highest BCUT2D eigenvalue weighted by molar-refractivity contribution is 5.84. The molecule has 0 bridgehead atoms. The Morgan fingerprint density at radius 1 is 1.25 bits per heavy atom. The van der Waals surface area contributed by atoms with Gasteiger partial charge in [0.2, 0.25) is 0 Å². The van der Waals surface area contributed by atoms with Gasteiger partial charge in [0, 0.05) is 26.1 Å². The van der Waals surface area contributed by atoms with E-state index in [9.17, 15) is 19.5 Å². The van der Waals surface area contributed by atoms with Crippen molar-refractivity contribution in [3.63, 3.8) is 0 Å². The molecule has 2 aliphatic rings. The number of rotatable bonds is 2. The van der Waals surface area contributed by atoms with Crippen molar-refractivity contribution < 1.29 is 29.3 Å². The first kappa shape index (κ1) is 14.6. The van der Waals surface area contributed by atoms with E-state index in [1.807, 2.05) is 0 Å². The number of carbonyl (C=O) groups excluding carboxylic acids is 2. The summed E-state index contributed by atoms with van der Waals surface area (Å²) in [6.45, 7) is 0.622. The number of hydrogen-bond donors (Lipinski definition) is 2. The number of aliphatic hydroxyl groups excluding tert-OH is 1. The van der Waals surface area contributed by atoms with Gasteiger partial charge in [-0.25, -0.2) is 9.59 Å². The highest BCUT2D eigenvalue weighted by atomic mass is 16.5. The van der Waals surface area contributed by atoms with Crippen LogP contribution in [0.2, 0.25) is 0 Å². The van der Waals surface area contributed by atoms with Gasteiger partial charge in [-0.05, 0) is 6.42 Å². The number of β-amino-alcohol motifs (C(OH)–C–C–N with tert-alkyl or cyclic N) is 1. The summed E-state index contributed by atoms with van der Waals surface area (Å²) in [6.07, 6.45) is -0.277. The van der Waals surface area contributed by atoms with E-state index in [-0.39, 0.29) is 31.4 Å². The third-order valence-electron chi connectivity index (χ3n) is 3.80. The van der Waals surface area contributed by atoms with Gasteiger partial charge in [0.1, 0.15) is 6.04 Å². The predicted octanol–water partition coefficient (Wildman–Crippen LogP) is -0.879. The molecule has 2 aliphatic heterocycles. The maximum absolute atomic E-state index is 12.3. The lowest BCUT2D eigenvalue weighted by atomic mass is 10.1. The molecule has 2 amide bonds. The molecule has 2 saturated heterocycles. The fraction of sp³-hybridized carbons (Fsp3) is 0.750. The molecule has 2 rings (SSSR count). The molecule has 8 heteroatoms. The summed E-state index contributed by atoms with van der Waals surface area (Å²) in [5.74, 6) is -1.85. The van der Waals surface area contributed by atoms with Gasteiger partial charge >= 0.3 is 18.0 Å². The lowest BCUT2D eigenvalue weighted by Gasteiger charge is -2.27. The molecule has 0 spiro atoms. The second-order valence-corrected chi connectivity index (χ2v) is 5.13. The van der Waals surface area contributed by atoms with Gasteiger partial charge in [-0.2, -0.15) is 0 Å². The lowest BCUT2D eigenvalue weighted by Crippen LogP contribution is -2.47. The van der Waals surface area contributed by atoms with Gasteiger partial charge in [-0.1, -0.05) is 0 Å². The highest BCUT2D eigenvalue weighted by Gasteiger charge is 2.42. The molecule has 0 aromatic heterocycles. The van der Waals surface area contributed by atoms with Crippen molar-refractivity contribution in [2.75, 3.05) is 26.7 Å². The van der Waals surface area contributed by atoms with Crippen LogP contribution in [-0.2, 0) is 14.3 Å². The number of hydrogen-bond acceptors (Lipinski definition) is 5. The number of aliphatic hydroxyl groups is 1. The Bertz CT molecular complexity index is 426. The molecule has 2 fully saturated rings. The third kappa shape index (κ3) is 2.69. The first-order chi connectivity index (χ1) is 9.43. The summed E-state index contributed by atoms with van der Waals surface area (Å²) in [7, 11) is 1.30. The summed E-state index contributed by atoms with van der Waals surface area (Å²) in [6, 6.07) is -1.45. The van der Waals surface area contributed by atoms with E-state index in [2.05, 4.69) is 4.74 Å². The first-order valence-corrected chi connectivity index (χ1v) is 6.48. The molecule has 3 atom stereocenters. The van der Waals surface area contributed by atoms with E-state index in [1.54, 1.807) is 0 Å². The molecule has 2 N–H and O–H groups in total. The number of aliphatic carboxylic acids is 1. The SMILES string of the molecule is COC(=O)C1CCN(C(=O)N2C[C@H](O)C[C@H]2C(=O)O)C1. The van der Waals surface area contributed by atoms with Crippen molar-refractivity contribution in [3.8, 4) is 0 Å². The number of carbonyl (C=O) groups is 3. The number of carboxylic acids is 1. The van der Waals surface area contributed by atoms with Gasteiger partial charge in [-0.15, -0.1) is 0 Å². The Morgan fingerprint density at radius 3 is 2.55 bits per heavy atom. The number of urea groups is 1. The molecule has 8 nitrogen and oxygen atoms in total. The van der Waals surface area contributed by atoms with Gasteiger partial charge in [0.05, 0.1) is 19.1 Å². The fourth-order valence-corrected chi connectivity index (χ4v) is 2.73. The minimum Gasteiger partial charge on any atom is -0.480 e. The fourth-order valence-electron chi connectivity index (χ4n) is 2.73. The standard InChI is InChI=1S/C12H18N2O6/c1-20-11(18)7-2-3-13(5-7)12(19)14-6-8(15)4-9(14)10(16)17/h7-9,15H,2-6H2,1H3,(H,16,17)/t7?,8-,9+/m1/s1. The van der Waals surface area contributed by atoms with Crippen molar-refractivity contribution in [1.29, 1.82) is 0 Å². The zero-order valence-corrected chi connectivity index (χ0v) is 11.2. The normalized spacial score (nSPS) is 29.6. The molecule has 20 heavy (non-hydrogen) atoms. The molecule has 0 saturated carbocycles. The Kier molecular flexibility index (Phi) is 4.12. The van der Waals surface area contributed by atoms with Crippen LogP contribution in [0.15, 0.2) is 0 Å². The Hall–Kier alpha value is -1.83. The van der Waals surface area contributed by atoms with Crippen LogP contribution < -0.4 is 0 Å². The number of carboxylic acid groups (broad SMARTS) is 1. The number of nitrogens with zero attached hydrogens (tertiary/aromatic N) is 2. The lowest BCUT2D eigenvalue weighted by molar-refractivity contribution is -0.145. The van der Waals surface area contributed by atoms with Crippen LogP contribution in [0.1, 0.15) is 12.8 Å². The number of methoxy groups -OCH3 is 1. The molecule has 0 aromatic carbocycles. The maximum atomic E-state index is 12.3. The monoisotopic (exact) mass is 286 g/mol. The molecular formula is C12H18N2O6. The third-order valence-corrected chi connectivity index (χ3v) is 3.80. The average Bonchev–Trinajstić information content (AvgIpc) is 3.03. The van der Waals surface area contributed by atoms with E-state index >= 15 is 0 Å². The van der Waals surface area contributed by atoms with E-state index in [1.165, 1.54) is 12.0 Å². The van der Waals surface area contributed by atoms with E-state index in [4.69, 9.17) is 5.11 Å². The maximum Gasteiger partial charge on any atom is 0.326 e. The molecule has 0 aromatic rings. The topological polar surface area (TPSA) is 107 Å². The quantitative estimate of drug-likeness (QED) is 0.638. The van der Waals surface area contributed by atoms with Gasteiger partial charge in [0.15, 0.2) is 0 Å². The van der Waals surface area contributed by atoms with Gasteiger partial charge in [0.25, 0.3) is 0 Å². The zero-order chi connectivity index (χ0) is 14.9. The van der Waals surface area contributed by atoms with Crippen LogP contribution in [0.4, 0.5) is 4.79 Å². The van der Waals surface area contributed by atoms with Crippen molar-refractivity contribution in [2.24, 2.45) is 5.92 Å². The Balaban J connectivity index is 2.01. The Labute approximate surface area is 115 Å². The average molecular weight is 286 g/mol. The number of likely N-dealkylation sites (tertiary alicyclic amines) is 2. The molecule has 0 aliphatic carbocycles. The zero-order valence-electron chi connectivity index (χ0n) is 11.2. The van der Waals surface area contributed by atoms with Crippen molar-refractivity contribution in [2.45, 2.75) is 25.0 Å². The summed E-state index contributed by atoms with van der Waals surface area (Å²) in [4.78, 5) is 37.4. The summed E-state index contributed by atoms with van der Waals surface area (Å²) in [5.41, 5.74) is 0. The van der Waals surface area contributed by atoms with E-state index < -0.39 is 24.1 Å². The van der Waals surface area contributed by atoms with Crippen LogP contribution >= 0.6 is 0 Å². The smallest absolute Gasteiger partial charge is 0.326 e. The summed E-state index contributed by atoms with van der Waals surface area (Å²) < 4.78 is 4.64. The van der Waals surface area contributed by atoms with E-state index in [0.717, 1.165) is 4.90 Å².